The Morgan fingerprint density at radius 2 is 1.63 bits per heavy atom. The molecular weight excluding hydrogens is 421 g/mol. The third kappa shape index (κ3) is 4.38. The van der Waals surface area contributed by atoms with Crippen LogP contribution in [0.1, 0.15) is 52.1 Å². The van der Waals surface area contributed by atoms with E-state index in [-0.39, 0.29) is 25.9 Å². The molecule has 2 fully saturated rings. The summed E-state index contributed by atoms with van der Waals surface area (Å²) in [4.78, 5) is 28.5. The van der Waals surface area contributed by atoms with E-state index in [9.17, 15) is 22.8 Å². The largest absolute Gasteiger partial charge is 0.444 e. The Balaban J connectivity index is 1.92. The van der Waals surface area contributed by atoms with Crippen LogP contribution in [-0.2, 0) is 9.53 Å². The van der Waals surface area contributed by atoms with Crippen molar-refractivity contribution in [3.05, 3.63) is 34.9 Å². The molecule has 0 N–H and O–H groups in total. The summed E-state index contributed by atoms with van der Waals surface area (Å²) in [6, 6.07) is 5.49. The minimum absolute atomic E-state index is 0.0430. The van der Waals surface area contributed by atoms with Crippen molar-refractivity contribution in [2.75, 3.05) is 13.1 Å². The lowest BCUT2D eigenvalue weighted by Crippen LogP contribution is -2.59. The van der Waals surface area contributed by atoms with E-state index in [1.165, 1.54) is 9.80 Å². The van der Waals surface area contributed by atoms with Crippen molar-refractivity contribution in [3.63, 3.8) is 0 Å². The molecule has 1 aliphatic carbocycles. The number of amides is 2. The fourth-order valence-corrected chi connectivity index (χ4v) is 3.90. The Labute approximate surface area is 179 Å². The van der Waals surface area contributed by atoms with E-state index in [4.69, 9.17) is 16.3 Å². The number of hydrogen-bond acceptors (Lipinski definition) is 3. The molecule has 1 aromatic rings. The van der Waals surface area contributed by atoms with Crippen molar-refractivity contribution in [3.8, 4) is 0 Å². The molecule has 1 heterocycles. The highest BCUT2D eigenvalue weighted by Crippen LogP contribution is 2.59. The van der Waals surface area contributed by atoms with Gasteiger partial charge in [0.15, 0.2) is 0 Å². The lowest BCUT2D eigenvalue weighted by Gasteiger charge is -2.46. The number of nitrogens with zero attached hydrogens (tertiary/aromatic N) is 2. The number of halogens is 4. The second-order valence-corrected chi connectivity index (χ2v) is 9.52. The highest BCUT2D eigenvalue weighted by molar-refractivity contribution is 6.30. The van der Waals surface area contributed by atoms with Gasteiger partial charge in [-0.15, -0.1) is 0 Å². The van der Waals surface area contributed by atoms with Gasteiger partial charge in [0.1, 0.15) is 11.0 Å². The van der Waals surface area contributed by atoms with Gasteiger partial charge in [0, 0.05) is 24.2 Å². The number of carbonyl (C=O) groups is 2. The second kappa shape index (κ2) is 7.62. The maximum Gasteiger partial charge on any atom is 0.410 e. The highest BCUT2D eigenvalue weighted by Gasteiger charge is 2.70. The van der Waals surface area contributed by atoms with Crippen molar-refractivity contribution in [1.29, 1.82) is 0 Å². The molecule has 9 heteroatoms. The monoisotopic (exact) mass is 446 g/mol. The summed E-state index contributed by atoms with van der Waals surface area (Å²) >= 11 is 5.96. The number of ether oxygens (including phenoxy) is 1. The van der Waals surface area contributed by atoms with E-state index < -0.39 is 41.3 Å². The number of hydrogen-bond donors (Lipinski definition) is 0. The number of alkyl halides is 3. The minimum Gasteiger partial charge on any atom is -0.444 e. The average Bonchev–Trinajstić information content (AvgIpc) is 3.42. The van der Waals surface area contributed by atoms with Crippen molar-refractivity contribution in [2.45, 2.75) is 64.4 Å². The smallest absolute Gasteiger partial charge is 0.410 e. The lowest BCUT2D eigenvalue weighted by molar-refractivity contribution is -0.201. The van der Waals surface area contributed by atoms with Gasteiger partial charge in [-0.2, -0.15) is 13.2 Å². The van der Waals surface area contributed by atoms with Crippen LogP contribution in [0.3, 0.4) is 0 Å². The second-order valence-electron chi connectivity index (χ2n) is 9.09. The van der Waals surface area contributed by atoms with Crippen LogP contribution in [0.4, 0.5) is 18.0 Å². The SMILES string of the molecule is C[C@@H]1CN(C(=O)OC(C)(C)C)[C@H](c2ccc(Cl)cc2)CN1C(=O)C1(C(F)(F)F)CC1. The van der Waals surface area contributed by atoms with E-state index in [0.717, 1.165) is 0 Å². The van der Waals surface area contributed by atoms with Crippen molar-refractivity contribution in [2.24, 2.45) is 5.41 Å². The molecule has 2 aliphatic rings. The van der Waals surface area contributed by atoms with Crippen LogP contribution < -0.4 is 0 Å². The van der Waals surface area contributed by atoms with Crippen LogP contribution in [0.25, 0.3) is 0 Å². The van der Waals surface area contributed by atoms with Crippen LogP contribution in [0.2, 0.25) is 5.02 Å². The fraction of sp³-hybridized carbons (Fsp3) is 0.619. The molecule has 2 atom stereocenters. The Hall–Kier alpha value is -1.96. The van der Waals surface area contributed by atoms with Crippen LogP contribution in [0.15, 0.2) is 24.3 Å². The Morgan fingerprint density at radius 3 is 2.10 bits per heavy atom. The molecule has 166 valence electrons. The van der Waals surface area contributed by atoms with Gasteiger partial charge in [-0.25, -0.2) is 4.79 Å². The summed E-state index contributed by atoms with van der Waals surface area (Å²) in [5.74, 6) is -0.912. The first-order valence-electron chi connectivity index (χ1n) is 9.88. The molecule has 30 heavy (non-hydrogen) atoms. The molecule has 0 unspecified atom stereocenters. The molecule has 0 spiro atoms. The predicted octanol–water partition coefficient (Wildman–Crippen LogP) is 5.19. The fourth-order valence-electron chi connectivity index (χ4n) is 3.77. The summed E-state index contributed by atoms with van der Waals surface area (Å²) in [7, 11) is 0. The number of carbonyl (C=O) groups excluding carboxylic acids is 2. The first kappa shape index (κ1) is 22.7. The third-order valence-corrected chi connectivity index (χ3v) is 5.84. The zero-order valence-electron chi connectivity index (χ0n) is 17.4. The van der Waals surface area contributed by atoms with Crippen molar-refractivity contribution in [1.82, 2.24) is 9.80 Å². The zero-order chi connectivity index (χ0) is 22.5. The quantitative estimate of drug-likeness (QED) is 0.628. The van der Waals surface area contributed by atoms with Crippen LogP contribution in [0.5, 0.6) is 0 Å². The summed E-state index contributed by atoms with van der Waals surface area (Å²) < 4.78 is 46.1. The number of benzene rings is 1. The predicted molar refractivity (Wildman–Crippen MR) is 106 cm³/mol. The maximum absolute atomic E-state index is 13.5. The van der Waals surface area contributed by atoms with Gasteiger partial charge in [0.2, 0.25) is 5.91 Å². The number of rotatable bonds is 2. The van der Waals surface area contributed by atoms with Crippen LogP contribution in [0, 0.1) is 5.41 Å². The van der Waals surface area contributed by atoms with E-state index >= 15 is 0 Å². The molecule has 0 bridgehead atoms. The number of piperazine rings is 1. The van der Waals surface area contributed by atoms with E-state index in [0.29, 0.717) is 10.6 Å². The summed E-state index contributed by atoms with van der Waals surface area (Å²) in [5, 5.41) is 0.494. The van der Waals surface area contributed by atoms with E-state index in [1.807, 2.05) is 0 Å². The van der Waals surface area contributed by atoms with Gasteiger partial charge >= 0.3 is 12.3 Å². The van der Waals surface area contributed by atoms with Crippen molar-refractivity contribution >= 4 is 23.6 Å². The third-order valence-electron chi connectivity index (χ3n) is 5.58. The average molecular weight is 447 g/mol. The van der Waals surface area contributed by atoms with Crippen LogP contribution in [-0.4, -0.2) is 52.7 Å². The topological polar surface area (TPSA) is 49.9 Å². The first-order chi connectivity index (χ1) is 13.7. The van der Waals surface area contributed by atoms with Gasteiger partial charge < -0.3 is 9.64 Å². The van der Waals surface area contributed by atoms with Gasteiger partial charge in [-0.05, 0) is 58.2 Å². The molecule has 1 saturated carbocycles. The molecule has 0 aromatic heterocycles. The standard InChI is InChI=1S/C21H26ClF3N2O3/c1-13-11-27(18(29)30-19(2,3)4)16(14-5-7-15(22)8-6-14)12-26(13)17(28)20(9-10-20)21(23,24)25/h5-8,13,16H,9-12H2,1-4H3/t13-,16+/m1/s1. The maximum atomic E-state index is 13.5. The minimum atomic E-state index is -4.58. The zero-order valence-corrected chi connectivity index (χ0v) is 18.2. The van der Waals surface area contributed by atoms with Gasteiger partial charge in [0.25, 0.3) is 0 Å². The summed E-state index contributed by atoms with van der Waals surface area (Å²) in [6.45, 7) is 6.91. The Kier molecular flexibility index (Phi) is 5.77. The highest BCUT2D eigenvalue weighted by atomic mass is 35.5. The molecule has 1 aromatic carbocycles. The molecular formula is C21H26ClF3N2O3. The summed E-state index contributed by atoms with van der Waals surface area (Å²) in [5.41, 5.74) is -2.35. The molecule has 5 nitrogen and oxygen atoms in total. The molecule has 0 radical (unpaired) electrons. The Bertz CT molecular complexity index is 816. The van der Waals surface area contributed by atoms with Crippen LogP contribution >= 0.6 is 11.6 Å². The van der Waals surface area contributed by atoms with E-state index in [1.54, 1.807) is 52.0 Å². The lowest BCUT2D eigenvalue weighted by atomic mass is 9.96. The van der Waals surface area contributed by atoms with Gasteiger partial charge in [-0.3, -0.25) is 9.69 Å². The normalized spacial score (nSPS) is 23.9. The van der Waals surface area contributed by atoms with E-state index in [2.05, 4.69) is 0 Å². The van der Waals surface area contributed by atoms with Crippen molar-refractivity contribution < 1.29 is 27.5 Å². The molecule has 2 amide bonds. The first-order valence-corrected chi connectivity index (χ1v) is 10.3. The summed E-state index contributed by atoms with van der Waals surface area (Å²) in [6.07, 6.45) is -5.54. The Morgan fingerprint density at radius 1 is 1.07 bits per heavy atom. The molecule has 3 rings (SSSR count). The van der Waals surface area contributed by atoms with Gasteiger partial charge in [-0.1, -0.05) is 23.7 Å². The molecule has 1 saturated heterocycles. The van der Waals surface area contributed by atoms with Gasteiger partial charge in [0.05, 0.1) is 6.04 Å². The molecule has 1 aliphatic heterocycles.